The second-order valence-electron chi connectivity index (χ2n) is 3.94. The van der Waals surface area contributed by atoms with Crippen molar-refractivity contribution in [3.05, 3.63) is 58.8 Å². The zero-order valence-corrected chi connectivity index (χ0v) is 9.34. The first-order valence-electron chi connectivity index (χ1n) is 5.38. The molecule has 0 bridgehead atoms. The van der Waals surface area contributed by atoms with Crippen LogP contribution in [0.5, 0.6) is 0 Å². The van der Waals surface area contributed by atoms with Crippen molar-refractivity contribution in [2.75, 3.05) is 0 Å². The summed E-state index contributed by atoms with van der Waals surface area (Å²) in [6.45, 7) is 1.94. The Hall–Kier alpha value is -2.36. The van der Waals surface area contributed by atoms with Crippen LogP contribution in [0.1, 0.15) is 5.56 Å². The Kier molecular flexibility index (Phi) is 2.08. The third kappa shape index (κ3) is 1.45. The molecule has 0 unspecified atom stereocenters. The molecule has 2 heterocycles. The van der Waals surface area contributed by atoms with E-state index in [1.165, 1.54) is 0 Å². The molecule has 0 radical (unpaired) electrons. The number of aromatic nitrogens is 3. The molecule has 0 saturated carbocycles. The summed E-state index contributed by atoms with van der Waals surface area (Å²) >= 11 is 0. The zero-order chi connectivity index (χ0) is 11.8. The van der Waals surface area contributed by atoms with Crippen molar-refractivity contribution in [1.29, 1.82) is 0 Å². The van der Waals surface area contributed by atoms with Crippen molar-refractivity contribution in [3.63, 3.8) is 0 Å². The van der Waals surface area contributed by atoms with Crippen LogP contribution in [0.15, 0.2) is 47.5 Å². The van der Waals surface area contributed by atoms with E-state index in [0.717, 1.165) is 22.3 Å². The molecule has 17 heavy (non-hydrogen) atoms. The van der Waals surface area contributed by atoms with E-state index in [4.69, 9.17) is 0 Å². The van der Waals surface area contributed by atoms with E-state index in [1.54, 1.807) is 17.0 Å². The SMILES string of the molecule is Cc1cnccc1-n1c(=O)[nH]c2ccccc21. The normalized spacial score (nSPS) is 10.9. The minimum atomic E-state index is -0.125. The van der Waals surface area contributed by atoms with Crippen LogP contribution in [-0.2, 0) is 0 Å². The predicted molar refractivity (Wildman–Crippen MR) is 66.4 cm³/mol. The van der Waals surface area contributed by atoms with Crippen molar-refractivity contribution in [1.82, 2.24) is 14.5 Å². The van der Waals surface area contributed by atoms with E-state index in [1.807, 2.05) is 37.3 Å². The van der Waals surface area contributed by atoms with Gasteiger partial charge < -0.3 is 4.98 Å². The standard InChI is InChI=1S/C13H11N3O/c1-9-8-14-7-6-11(9)16-12-5-3-2-4-10(12)15-13(16)17/h2-8H,1H3,(H,15,17). The second-order valence-corrected chi connectivity index (χ2v) is 3.94. The summed E-state index contributed by atoms with van der Waals surface area (Å²) < 4.78 is 1.67. The van der Waals surface area contributed by atoms with Gasteiger partial charge in [0.15, 0.2) is 0 Å². The maximum absolute atomic E-state index is 12.0. The molecule has 1 aromatic carbocycles. The summed E-state index contributed by atoms with van der Waals surface area (Å²) in [5.41, 5.74) is 3.43. The van der Waals surface area contributed by atoms with Crippen LogP contribution in [-0.4, -0.2) is 14.5 Å². The maximum atomic E-state index is 12.0. The molecule has 0 aliphatic carbocycles. The molecule has 0 atom stereocenters. The average Bonchev–Trinajstić information content (AvgIpc) is 2.66. The van der Waals surface area contributed by atoms with Crippen LogP contribution >= 0.6 is 0 Å². The van der Waals surface area contributed by atoms with Crippen LogP contribution in [0.2, 0.25) is 0 Å². The van der Waals surface area contributed by atoms with Crippen LogP contribution < -0.4 is 5.69 Å². The van der Waals surface area contributed by atoms with Crippen molar-refractivity contribution >= 4 is 11.0 Å². The molecule has 3 rings (SSSR count). The molecular weight excluding hydrogens is 214 g/mol. The van der Waals surface area contributed by atoms with Crippen LogP contribution in [0.4, 0.5) is 0 Å². The van der Waals surface area contributed by atoms with E-state index >= 15 is 0 Å². The molecule has 2 aromatic heterocycles. The number of nitrogens with one attached hydrogen (secondary N) is 1. The lowest BCUT2D eigenvalue weighted by atomic mass is 10.2. The molecular formula is C13H11N3O. The van der Waals surface area contributed by atoms with Gasteiger partial charge in [-0.05, 0) is 30.7 Å². The number of hydrogen-bond donors (Lipinski definition) is 1. The molecule has 1 N–H and O–H groups in total. The Bertz CT molecular complexity index is 740. The number of nitrogens with zero attached hydrogens (tertiary/aromatic N) is 2. The summed E-state index contributed by atoms with van der Waals surface area (Å²) in [6.07, 6.45) is 3.44. The highest BCUT2D eigenvalue weighted by Crippen LogP contribution is 2.16. The number of para-hydroxylation sites is 2. The van der Waals surface area contributed by atoms with Crippen LogP contribution in [0, 0.1) is 6.92 Å². The van der Waals surface area contributed by atoms with E-state index in [-0.39, 0.29) is 5.69 Å². The minimum Gasteiger partial charge on any atom is -0.305 e. The lowest BCUT2D eigenvalue weighted by Gasteiger charge is -2.05. The van der Waals surface area contributed by atoms with Gasteiger partial charge in [-0.1, -0.05) is 12.1 Å². The fourth-order valence-electron chi connectivity index (χ4n) is 2.01. The summed E-state index contributed by atoms with van der Waals surface area (Å²) in [5.74, 6) is 0. The van der Waals surface area contributed by atoms with E-state index < -0.39 is 0 Å². The average molecular weight is 225 g/mol. The Labute approximate surface area is 97.6 Å². The lowest BCUT2D eigenvalue weighted by Crippen LogP contribution is -2.15. The molecule has 0 spiro atoms. The van der Waals surface area contributed by atoms with E-state index in [9.17, 15) is 4.79 Å². The molecule has 0 aliphatic rings. The number of H-pyrrole nitrogens is 1. The Balaban J connectivity index is 2.42. The number of fused-ring (bicyclic) bond motifs is 1. The maximum Gasteiger partial charge on any atom is 0.331 e. The molecule has 0 fully saturated rings. The Morgan fingerprint density at radius 1 is 1.24 bits per heavy atom. The van der Waals surface area contributed by atoms with Crippen molar-refractivity contribution < 1.29 is 0 Å². The van der Waals surface area contributed by atoms with E-state index in [2.05, 4.69) is 9.97 Å². The topological polar surface area (TPSA) is 50.7 Å². The summed E-state index contributed by atoms with van der Waals surface area (Å²) in [7, 11) is 0. The number of rotatable bonds is 1. The summed E-state index contributed by atoms with van der Waals surface area (Å²) in [4.78, 5) is 18.9. The van der Waals surface area contributed by atoms with Gasteiger partial charge in [0.05, 0.1) is 16.7 Å². The van der Waals surface area contributed by atoms with Crippen molar-refractivity contribution in [2.24, 2.45) is 0 Å². The lowest BCUT2D eigenvalue weighted by molar-refractivity contribution is 0.995. The fraction of sp³-hybridized carbons (Fsp3) is 0.0769. The van der Waals surface area contributed by atoms with Gasteiger partial charge >= 0.3 is 5.69 Å². The Morgan fingerprint density at radius 2 is 2.06 bits per heavy atom. The van der Waals surface area contributed by atoms with Gasteiger partial charge in [-0.3, -0.25) is 9.55 Å². The molecule has 0 saturated heterocycles. The van der Waals surface area contributed by atoms with Crippen molar-refractivity contribution in [3.8, 4) is 5.69 Å². The summed E-state index contributed by atoms with van der Waals surface area (Å²) in [6, 6.07) is 9.48. The van der Waals surface area contributed by atoms with Crippen LogP contribution in [0.3, 0.4) is 0 Å². The monoisotopic (exact) mass is 225 g/mol. The highest BCUT2D eigenvalue weighted by molar-refractivity contribution is 5.77. The van der Waals surface area contributed by atoms with Gasteiger partial charge in [-0.15, -0.1) is 0 Å². The quantitative estimate of drug-likeness (QED) is 0.688. The molecule has 4 heteroatoms. The third-order valence-electron chi connectivity index (χ3n) is 2.82. The van der Waals surface area contributed by atoms with Gasteiger partial charge in [0.1, 0.15) is 0 Å². The third-order valence-corrected chi connectivity index (χ3v) is 2.82. The fourth-order valence-corrected chi connectivity index (χ4v) is 2.01. The molecule has 3 aromatic rings. The molecule has 0 aliphatic heterocycles. The zero-order valence-electron chi connectivity index (χ0n) is 9.34. The number of aryl methyl sites for hydroxylation is 1. The number of aromatic amines is 1. The second kappa shape index (κ2) is 3.59. The first kappa shape index (κ1) is 9.84. The van der Waals surface area contributed by atoms with Gasteiger partial charge in [-0.25, -0.2) is 4.79 Å². The van der Waals surface area contributed by atoms with Crippen molar-refractivity contribution in [2.45, 2.75) is 6.92 Å². The van der Waals surface area contributed by atoms with E-state index in [0.29, 0.717) is 0 Å². The summed E-state index contributed by atoms with van der Waals surface area (Å²) in [5, 5.41) is 0. The van der Waals surface area contributed by atoms with Gasteiger partial charge in [-0.2, -0.15) is 0 Å². The molecule has 84 valence electrons. The van der Waals surface area contributed by atoms with Gasteiger partial charge in [0, 0.05) is 12.4 Å². The number of imidazole rings is 1. The minimum absolute atomic E-state index is 0.125. The highest BCUT2D eigenvalue weighted by atomic mass is 16.1. The predicted octanol–water partition coefficient (Wildman–Crippen LogP) is 2.02. The number of hydrogen-bond acceptors (Lipinski definition) is 2. The number of pyridine rings is 1. The highest BCUT2D eigenvalue weighted by Gasteiger charge is 2.09. The largest absolute Gasteiger partial charge is 0.331 e. The molecule has 0 amide bonds. The number of benzene rings is 1. The van der Waals surface area contributed by atoms with Crippen LogP contribution in [0.25, 0.3) is 16.7 Å². The first-order chi connectivity index (χ1) is 8.27. The molecule has 4 nitrogen and oxygen atoms in total. The smallest absolute Gasteiger partial charge is 0.305 e. The van der Waals surface area contributed by atoms with Gasteiger partial charge in [0.25, 0.3) is 0 Å². The Morgan fingerprint density at radius 3 is 2.88 bits per heavy atom. The first-order valence-corrected chi connectivity index (χ1v) is 5.38. The van der Waals surface area contributed by atoms with Gasteiger partial charge in [0.2, 0.25) is 0 Å².